The highest BCUT2D eigenvalue weighted by Crippen LogP contribution is 2.27. The molecule has 1 aromatic carbocycles. The second kappa shape index (κ2) is 5.40. The maximum absolute atomic E-state index is 13.6. The van der Waals surface area contributed by atoms with Crippen LogP contribution in [0.15, 0.2) is 22.6 Å². The summed E-state index contributed by atoms with van der Waals surface area (Å²) >= 11 is 0. The molecule has 5 heteroatoms. The van der Waals surface area contributed by atoms with Crippen LogP contribution in [0.3, 0.4) is 0 Å². The number of halogens is 1. The Morgan fingerprint density at radius 3 is 2.89 bits per heavy atom. The van der Waals surface area contributed by atoms with Crippen molar-refractivity contribution in [3.8, 4) is 0 Å². The molecule has 2 N–H and O–H groups in total. The molecule has 0 bridgehead atoms. The third-order valence-corrected chi connectivity index (χ3v) is 3.06. The van der Waals surface area contributed by atoms with Gasteiger partial charge in [0.25, 0.3) is 5.91 Å². The predicted molar refractivity (Wildman–Crippen MR) is 69.5 cm³/mol. The Bertz CT molecular complexity index is 606. The molecule has 0 fully saturated rings. The molecule has 0 aliphatic carbocycles. The second-order valence-electron chi connectivity index (χ2n) is 4.56. The van der Waals surface area contributed by atoms with Crippen LogP contribution < -0.4 is 5.32 Å². The van der Waals surface area contributed by atoms with E-state index in [9.17, 15) is 9.18 Å². The summed E-state index contributed by atoms with van der Waals surface area (Å²) in [5, 5.41) is 12.1. The molecule has 2 rings (SSSR count). The topological polar surface area (TPSA) is 62.5 Å². The Morgan fingerprint density at radius 2 is 2.26 bits per heavy atom. The van der Waals surface area contributed by atoms with Crippen molar-refractivity contribution in [2.45, 2.75) is 26.3 Å². The van der Waals surface area contributed by atoms with Crippen molar-refractivity contribution in [3.05, 3.63) is 35.3 Å². The van der Waals surface area contributed by atoms with E-state index < -0.39 is 11.7 Å². The number of amides is 1. The Morgan fingerprint density at radius 1 is 1.53 bits per heavy atom. The normalized spacial score (nSPS) is 12.6. The van der Waals surface area contributed by atoms with Crippen molar-refractivity contribution in [1.29, 1.82) is 0 Å². The zero-order chi connectivity index (χ0) is 14.0. The highest BCUT2D eigenvalue weighted by molar-refractivity contribution is 5.99. The third-order valence-electron chi connectivity index (χ3n) is 3.06. The van der Waals surface area contributed by atoms with E-state index in [4.69, 9.17) is 9.52 Å². The molecule has 2 aromatic rings. The van der Waals surface area contributed by atoms with Gasteiger partial charge in [0, 0.05) is 23.6 Å². The Labute approximate surface area is 110 Å². The standard InChI is InChI=1S/C14H16FNO3/c1-8(6-7-17)16-14(18)12-9(2)10-4-3-5-11(15)13(10)19-12/h3-5,8,17H,6-7H2,1-2H3,(H,16,18). The summed E-state index contributed by atoms with van der Waals surface area (Å²) < 4.78 is 18.9. The Hall–Kier alpha value is -1.88. The van der Waals surface area contributed by atoms with Crippen molar-refractivity contribution in [2.24, 2.45) is 0 Å². The van der Waals surface area contributed by atoms with Crippen LogP contribution in [-0.4, -0.2) is 23.7 Å². The Balaban J connectivity index is 2.32. The van der Waals surface area contributed by atoms with E-state index in [1.807, 2.05) is 0 Å². The molecule has 0 aliphatic heterocycles. The van der Waals surface area contributed by atoms with Gasteiger partial charge in [-0.15, -0.1) is 0 Å². The summed E-state index contributed by atoms with van der Waals surface area (Å²) in [7, 11) is 0. The van der Waals surface area contributed by atoms with E-state index in [0.29, 0.717) is 17.4 Å². The van der Waals surface area contributed by atoms with Crippen LogP contribution in [0.2, 0.25) is 0 Å². The zero-order valence-electron chi connectivity index (χ0n) is 10.9. The maximum atomic E-state index is 13.6. The minimum atomic E-state index is -0.483. The van der Waals surface area contributed by atoms with Gasteiger partial charge in [0.15, 0.2) is 17.2 Å². The van der Waals surface area contributed by atoms with Gasteiger partial charge in [-0.1, -0.05) is 12.1 Å². The predicted octanol–water partition coefficient (Wildman–Crippen LogP) is 2.38. The lowest BCUT2D eigenvalue weighted by Gasteiger charge is -2.11. The van der Waals surface area contributed by atoms with Crippen LogP contribution in [0.25, 0.3) is 11.0 Å². The minimum absolute atomic E-state index is 0.00477. The van der Waals surface area contributed by atoms with E-state index in [1.54, 1.807) is 26.0 Å². The number of benzene rings is 1. The quantitative estimate of drug-likeness (QED) is 0.892. The zero-order valence-corrected chi connectivity index (χ0v) is 10.9. The van der Waals surface area contributed by atoms with E-state index in [0.717, 1.165) is 0 Å². The number of carbonyl (C=O) groups excluding carboxylic acids is 1. The highest BCUT2D eigenvalue weighted by Gasteiger charge is 2.20. The first-order valence-corrected chi connectivity index (χ1v) is 6.14. The van der Waals surface area contributed by atoms with Gasteiger partial charge < -0.3 is 14.8 Å². The van der Waals surface area contributed by atoms with Crippen molar-refractivity contribution in [3.63, 3.8) is 0 Å². The molecule has 1 amide bonds. The SMILES string of the molecule is Cc1c(C(=O)NC(C)CCO)oc2c(F)cccc12. The van der Waals surface area contributed by atoms with Crippen molar-refractivity contribution in [1.82, 2.24) is 5.32 Å². The molecule has 102 valence electrons. The molecule has 0 saturated carbocycles. The van der Waals surface area contributed by atoms with Crippen molar-refractivity contribution < 1.29 is 18.7 Å². The van der Waals surface area contributed by atoms with E-state index in [1.165, 1.54) is 6.07 Å². The fraction of sp³-hybridized carbons (Fsp3) is 0.357. The molecular formula is C14H16FNO3. The van der Waals surface area contributed by atoms with Gasteiger partial charge in [-0.05, 0) is 26.3 Å². The van der Waals surface area contributed by atoms with Crippen molar-refractivity contribution in [2.75, 3.05) is 6.61 Å². The van der Waals surface area contributed by atoms with Gasteiger partial charge in [-0.3, -0.25) is 4.79 Å². The third kappa shape index (κ3) is 2.61. The molecular weight excluding hydrogens is 249 g/mol. The van der Waals surface area contributed by atoms with E-state index in [2.05, 4.69) is 5.32 Å². The summed E-state index contributed by atoms with van der Waals surface area (Å²) in [5.41, 5.74) is 0.711. The number of nitrogens with one attached hydrogen (secondary N) is 1. The molecule has 1 unspecified atom stereocenters. The van der Waals surface area contributed by atoms with Gasteiger partial charge in [0.1, 0.15) is 0 Å². The molecule has 1 aromatic heterocycles. The van der Waals surface area contributed by atoms with E-state index >= 15 is 0 Å². The molecule has 0 aliphatic rings. The van der Waals surface area contributed by atoms with Gasteiger partial charge >= 0.3 is 0 Å². The van der Waals surface area contributed by atoms with Gasteiger partial charge in [-0.2, -0.15) is 0 Å². The number of para-hydroxylation sites is 1. The fourth-order valence-electron chi connectivity index (χ4n) is 1.98. The first kappa shape index (κ1) is 13.5. The number of aliphatic hydroxyl groups excluding tert-OH is 1. The molecule has 1 heterocycles. The fourth-order valence-corrected chi connectivity index (χ4v) is 1.98. The first-order chi connectivity index (χ1) is 9.04. The second-order valence-corrected chi connectivity index (χ2v) is 4.56. The average molecular weight is 265 g/mol. The van der Waals surface area contributed by atoms with Gasteiger partial charge in [0.2, 0.25) is 0 Å². The molecule has 0 saturated heterocycles. The lowest BCUT2D eigenvalue weighted by molar-refractivity contribution is 0.0907. The highest BCUT2D eigenvalue weighted by atomic mass is 19.1. The molecule has 4 nitrogen and oxygen atoms in total. The summed E-state index contributed by atoms with van der Waals surface area (Å²) in [6.07, 6.45) is 0.458. The Kier molecular flexibility index (Phi) is 3.85. The summed E-state index contributed by atoms with van der Waals surface area (Å²) in [6.45, 7) is 3.50. The number of hydrogen-bond acceptors (Lipinski definition) is 3. The van der Waals surface area contributed by atoms with Crippen LogP contribution in [0.4, 0.5) is 4.39 Å². The number of hydrogen-bond donors (Lipinski definition) is 2. The summed E-state index contributed by atoms with van der Waals surface area (Å²) in [5.74, 6) is -0.762. The maximum Gasteiger partial charge on any atom is 0.287 e. The van der Waals surface area contributed by atoms with Crippen LogP contribution in [0.5, 0.6) is 0 Å². The van der Waals surface area contributed by atoms with Crippen LogP contribution >= 0.6 is 0 Å². The summed E-state index contributed by atoms with van der Waals surface area (Å²) in [4.78, 5) is 12.0. The van der Waals surface area contributed by atoms with Gasteiger partial charge in [0.05, 0.1) is 0 Å². The van der Waals surface area contributed by atoms with Crippen LogP contribution in [0, 0.1) is 12.7 Å². The number of aryl methyl sites for hydroxylation is 1. The largest absolute Gasteiger partial charge is 0.448 e. The lowest BCUT2D eigenvalue weighted by atomic mass is 10.1. The summed E-state index contributed by atoms with van der Waals surface area (Å²) in [6, 6.07) is 4.41. The minimum Gasteiger partial charge on any atom is -0.448 e. The number of rotatable bonds is 4. The number of fused-ring (bicyclic) bond motifs is 1. The molecule has 19 heavy (non-hydrogen) atoms. The monoisotopic (exact) mass is 265 g/mol. The molecule has 1 atom stereocenters. The smallest absolute Gasteiger partial charge is 0.287 e. The van der Waals surface area contributed by atoms with Crippen molar-refractivity contribution >= 4 is 16.9 Å². The average Bonchev–Trinajstić information content (AvgIpc) is 2.69. The van der Waals surface area contributed by atoms with Crippen LogP contribution in [-0.2, 0) is 0 Å². The number of aliphatic hydroxyl groups is 1. The molecule has 0 radical (unpaired) electrons. The number of furan rings is 1. The first-order valence-electron chi connectivity index (χ1n) is 6.14. The number of carbonyl (C=O) groups is 1. The van der Waals surface area contributed by atoms with E-state index in [-0.39, 0.29) is 24.0 Å². The van der Waals surface area contributed by atoms with Gasteiger partial charge in [-0.25, -0.2) is 4.39 Å². The van der Waals surface area contributed by atoms with Crippen LogP contribution in [0.1, 0.15) is 29.5 Å². The lowest BCUT2D eigenvalue weighted by Crippen LogP contribution is -2.33. The molecule has 0 spiro atoms.